The van der Waals surface area contributed by atoms with Crippen LogP contribution in [0, 0.1) is 5.92 Å². The first-order valence-electron chi connectivity index (χ1n) is 5.35. The van der Waals surface area contributed by atoms with Crippen LogP contribution in [0.1, 0.15) is 19.8 Å². The molecule has 0 heterocycles. The monoisotopic (exact) mass is 347 g/mol. The molecule has 0 spiro atoms. The van der Waals surface area contributed by atoms with Crippen molar-refractivity contribution in [2.75, 3.05) is 19.6 Å². The molecule has 0 radical (unpaired) electrons. The molecule has 0 aliphatic carbocycles. The van der Waals surface area contributed by atoms with Crippen molar-refractivity contribution in [2.24, 2.45) is 5.92 Å². The standard InChI is InChI=1S/C11H16NO6.Y/c1-8(14)4-9(5-10(15)16)6-12(2-3-13)7-11(17)18;/h9H,2,4-7H2,1H3,(H,15,16)(H,17,18);/q-1;+3. The zero-order valence-electron chi connectivity index (χ0n) is 10.7. The zero-order chi connectivity index (χ0) is 14.1. The maximum absolute atomic E-state index is 11.0. The summed E-state index contributed by atoms with van der Waals surface area (Å²) in [5.41, 5.74) is 0. The Kier molecular flexibility index (Phi) is 12.2. The molecular weight excluding hydrogens is 331 g/mol. The van der Waals surface area contributed by atoms with Crippen LogP contribution < -0.4 is 0 Å². The number of carboxylic acids is 2. The molecule has 7 nitrogen and oxygen atoms in total. The van der Waals surface area contributed by atoms with Gasteiger partial charge in [0.05, 0.1) is 6.54 Å². The quantitative estimate of drug-likeness (QED) is 0.515. The van der Waals surface area contributed by atoms with Crippen molar-refractivity contribution >= 4 is 24.0 Å². The number of carbonyl (C=O) groups is 3. The Labute approximate surface area is 136 Å². The van der Waals surface area contributed by atoms with Gasteiger partial charge in [-0.15, -0.1) is 0 Å². The second-order valence-corrected chi connectivity index (χ2v) is 4.08. The minimum Gasteiger partial charge on any atom is -0.541 e. The van der Waals surface area contributed by atoms with Gasteiger partial charge in [-0.25, -0.2) is 6.29 Å². The minimum atomic E-state index is -1.12. The van der Waals surface area contributed by atoms with Crippen molar-refractivity contribution in [3.63, 3.8) is 0 Å². The number of hydrogen-bond donors (Lipinski definition) is 2. The Balaban J connectivity index is 0. The van der Waals surface area contributed by atoms with Gasteiger partial charge in [-0.2, -0.15) is 0 Å². The van der Waals surface area contributed by atoms with Crippen LogP contribution >= 0.6 is 0 Å². The van der Waals surface area contributed by atoms with E-state index in [1.807, 2.05) is 0 Å². The normalized spacial score (nSPS) is 11.5. The van der Waals surface area contributed by atoms with Gasteiger partial charge >= 0.3 is 44.6 Å². The molecular formula is C11H16NO6Y+2. The summed E-state index contributed by atoms with van der Waals surface area (Å²) in [6.45, 7) is 0.791. The number of carboxylic acid groups (broad SMARTS) is 2. The summed E-state index contributed by atoms with van der Waals surface area (Å²) in [4.78, 5) is 43.7. The van der Waals surface area contributed by atoms with Gasteiger partial charge in [0.2, 0.25) is 0 Å². The van der Waals surface area contributed by atoms with Crippen LogP contribution in [0.2, 0.25) is 0 Å². The average molecular weight is 347 g/mol. The second-order valence-electron chi connectivity index (χ2n) is 4.08. The van der Waals surface area contributed by atoms with E-state index in [9.17, 15) is 19.2 Å². The van der Waals surface area contributed by atoms with Crippen LogP contribution in [0.4, 0.5) is 0 Å². The van der Waals surface area contributed by atoms with Gasteiger partial charge < -0.3 is 24.7 Å². The summed E-state index contributed by atoms with van der Waals surface area (Å²) in [5, 5.41) is 17.3. The van der Waals surface area contributed by atoms with Gasteiger partial charge in [0.25, 0.3) is 0 Å². The summed E-state index contributed by atoms with van der Waals surface area (Å²) in [5.74, 6) is -2.87. The molecule has 0 saturated heterocycles. The molecule has 0 aromatic carbocycles. The van der Waals surface area contributed by atoms with E-state index in [1.165, 1.54) is 11.8 Å². The van der Waals surface area contributed by atoms with Gasteiger partial charge in [0.15, 0.2) is 0 Å². The topological polar surface area (TPSA) is 112 Å². The molecule has 1 unspecified atom stereocenters. The number of rotatable bonds is 10. The van der Waals surface area contributed by atoms with Crippen LogP contribution in [-0.4, -0.2) is 58.8 Å². The third kappa shape index (κ3) is 12.1. The molecule has 0 aromatic rings. The molecule has 19 heavy (non-hydrogen) atoms. The van der Waals surface area contributed by atoms with Gasteiger partial charge in [0.1, 0.15) is 5.78 Å². The first-order valence-corrected chi connectivity index (χ1v) is 5.35. The van der Waals surface area contributed by atoms with Gasteiger partial charge in [-0.1, -0.05) is 6.54 Å². The molecule has 0 rings (SSSR count). The molecule has 0 saturated carbocycles. The fraction of sp³-hybridized carbons (Fsp3) is 0.636. The van der Waals surface area contributed by atoms with Crippen molar-refractivity contribution in [3.05, 3.63) is 0 Å². The van der Waals surface area contributed by atoms with E-state index in [1.54, 1.807) is 6.29 Å². The van der Waals surface area contributed by atoms with E-state index in [2.05, 4.69) is 0 Å². The number of Topliss-reactive ketones (excluding diaryl/α,β-unsaturated/α-hetero) is 1. The fourth-order valence-electron chi connectivity index (χ4n) is 1.69. The predicted octanol–water partition coefficient (Wildman–Crippen LogP) is -0.450. The third-order valence-corrected chi connectivity index (χ3v) is 2.20. The van der Waals surface area contributed by atoms with Crippen molar-refractivity contribution < 1.29 is 62.1 Å². The largest absolute Gasteiger partial charge is 3.00 e. The average Bonchev–Trinajstić information content (AvgIpc) is 2.13. The summed E-state index contributed by atoms with van der Waals surface area (Å²) in [6, 6.07) is 0. The Morgan fingerprint density at radius 2 is 1.74 bits per heavy atom. The van der Waals surface area contributed by atoms with E-state index in [0.29, 0.717) is 0 Å². The number of hydrogen-bond acceptors (Lipinski definition) is 5. The maximum atomic E-state index is 11.0. The van der Waals surface area contributed by atoms with E-state index < -0.39 is 17.9 Å². The van der Waals surface area contributed by atoms with Crippen LogP contribution in [-0.2, 0) is 51.9 Å². The molecule has 0 fully saturated rings. The first-order chi connectivity index (χ1) is 8.35. The Morgan fingerprint density at radius 3 is 2.11 bits per heavy atom. The molecule has 102 valence electrons. The Hall–Kier alpha value is -0.656. The third-order valence-electron chi connectivity index (χ3n) is 2.20. The number of nitrogens with zero attached hydrogens (tertiary/aromatic N) is 1. The summed E-state index contributed by atoms with van der Waals surface area (Å²) in [7, 11) is 0. The summed E-state index contributed by atoms with van der Waals surface area (Å²) < 4.78 is 0. The molecule has 0 aromatic heterocycles. The summed E-state index contributed by atoms with van der Waals surface area (Å²) in [6.07, 6.45) is 1.37. The Morgan fingerprint density at radius 1 is 1.16 bits per heavy atom. The zero-order valence-corrected chi connectivity index (χ0v) is 13.5. The molecule has 2 N–H and O–H groups in total. The number of ketones is 1. The second kappa shape index (κ2) is 11.2. The van der Waals surface area contributed by atoms with E-state index in [4.69, 9.17) is 10.2 Å². The van der Waals surface area contributed by atoms with Crippen LogP contribution in [0.25, 0.3) is 0 Å². The molecule has 0 aliphatic rings. The van der Waals surface area contributed by atoms with Crippen molar-refractivity contribution in [1.82, 2.24) is 4.90 Å². The van der Waals surface area contributed by atoms with Crippen molar-refractivity contribution in [1.29, 1.82) is 0 Å². The number of carbonyl (C=O) groups excluding carboxylic acids is 2. The maximum Gasteiger partial charge on any atom is 3.00 e. The summed E-state index contributed by atoms with van der Waals surface area (Å²) >= 11 is 0. The van der Waals surface area contributed by atoms with E-state index >= 15 is 0 Å². The first kappa shape index (κ1) is 20.7. The smallest absolute Gasteiger partial charge is 0.541 e. The van der Waals surface area contributed by atoms with Crippen LogP contribution in [0.5, 0.6) is 0 Å². The fourth-order valence-corrected chi connectivity index (χ4v) is 1.69. The van der Waals surface area contributed by atoms with Crippen LogP contribution in [0.3, 0.4) is 0 Å². The van der Waals surface area contributed by atoms with Crippen molar-refractivity contribution in [3.8, 4) is 0 Å². The van der Waals surface area contributed by atoms with Crippen molar-refractivity contribution in [2.45, 2.75) is 19.8 Å². The van der Waals surface area contributed by atoms with E-state index in [-0.39, 0.29) is 71.0 Å². The van der Waals surface area contributed by atoms with Crippen LogP contribution in [0.15, 0.2) is 0 Å². The Bertz CT molecular complexity index is 317. The molecule has 0 bridgehead atoms. The SMILES string of the molecule is CC(=O)CC(CC(=O)O)CN(C[C-]=O)CC(=O)O.[Y+3]. The van der Waals surface area contributed by atoms with Gasteiger partial charge in [-0.05, 0) is 19.4 Å². The molecule has 1 atom stereocenters. The molecule has 0 aliphatic heterocycles. The van der Waals surface area contributed by atoms with Gasteiger partial charge in [0, 0.05) is 12.8 Å². The molecule has 0 amide bonds. The minimum absolute atomic E-state index is 0. The van der Waals surface area contributed by atoms with E-state index in [0.717, 1.165) is 0 Å². The van der Waals surface area contributed by atoms with Gasteiger partial charge in [-0.3, -0.25) is 9.59 Å². The number of aliphatic carboxylic acids is 2. The molecule has 8 heteroatoms. The predicted molar refractivity (Wildman–Crippen MR) is 60.8 cm³/mol.